The zero-order valence-corrected chi connectivity index (χ0v) is 12.5. The van der Waals surface area contributed by atoms with Crippen LogP contribution < -0.4 is 11.1 Å². The van der Waals surface area contributed by atoms with E-state index >= 15 is 0 Å². The summed E-state index contributed by atoms with van der Waals surface area (Å²) in [5.41, 5.74) is 6.75. The Morgan fingerprint density at radius 1 is 1.52 bits per heavy atom. The first-order valence-corrected chi connectivity index (χ1v) is 7.52. The van der Waals surface area contributed by atoms with E-state index < -0.39 is 5.60 Å². The van der Waals surface area contributed by atoms with Gasteiger partial charge in [0.25, 0.3) is 0 Å². The van der Waals surface area contributed by atoms with Gasteiger partial charge in [-0.3, -0.25) is 0 Å². The van der Waals surface area contributed by atoms with Crippen LogP contribution in [0.3, 0.4) is 0 Å². The van der Waals surface area contributed by atoms with E-state index in [4.69, 9.17) is 10.9 Å². The van der Waals surface area contributed by atoms with Crippen LogP contribution in [0.5, 0.6) is 0 Å². The molecule has 5 N–H and O–H groups in total. The molecular formula is C16H25N3O2. The topological polar surface area (TPSA) is 90.9 Å². The Morgan fingerprint density at radius 2 is 2.33 bits per heavy atom. The number of nitrogens with zero attached hydrogens (tertiary/aromatic N) is 1. The Labute approximate surface area is 125 Å². The molecule has 1 aromatic carbocycles. The molecular weight excluding hydrogens is 266 g/mol. The van der Waals surface area contributed by atoms with Gasteiger partial charge in [0.1, 0.15) is 0 Å². The summed E-state index contributed by atoms with van der Waals surface area (Å²) in [5.74, 6) is 0.700. The van der Waals surface area contributed by atoms with Crippen molar-refractivity contribution in [2.45, 2.75) is 44.8 Å². The molecule has 1 aromatic rings. The van der Waals surface area contributed by atoms with Crippen molar-refractivity contribution in [2.75, 3.05) is 6.54 Å². The van der Waals surface area contributed by atoms with E-state index in [1.807, 2.05) is 18.2 Å². The van der Waals surface area contributed by atoms with E-state index in [9.17, 15) is 5.11 Å². The lowest BCUT2D eigenvalue weighted by molar-refractivity contribution is -0.0119. The van der Waals surface area contributed by atoms with Crippen molar-refractivity contribution in [3.05, 3.63) is 35.4 Å². The Hall–Kier alpha value is -1.59. The monoisotopic (exact) mass is 291 g/mol. The molecule has 2 unspecified atom stereocenters. The number of oxime groups is 1. The van der Waals surface area contributed by atoms with Crippen LogP contribution in [0.2, 0.25) is 0 Å². The van der Waals surface area contributed by atoms with Crippen molar-refractivity contribution < 1.29 is 10.3 Å². The lowest BCUT2D eigenvalue weighted by Crippen LogP contribution is -2.43. The van der Waals surface area contributed by atoms with Crippen LogP contribution in [0.15, 0.2) is 29.4 Å². The molecule has 2 rings (SSSR count). The van der Waals surface area contributed by atoms with E-state index in [0.717, 1.165) is 24.8 Å². The molecule has 2 atom stereocenters. The third-order valence-electron chi connectivity index (χ3n) is 4.18. The number of nitrogens with two attached hydrogens (primary N) is 1. The highest BCUT2D eigenvalue weighted by Crippen LogP contribution is 2.31. The fourth-order valence-electron chi connectivity index (χ4n) is 3.13. The molecule has 0 bridgehead atoms. The molecule has 0 aromatic heterocycles. The average molecular weight is 291 g/mol. The maximum absolute atomic E-state index is 10.6. The maximum Gasteiger partial charge on any atom is 0.170 e. The molecule has 1 saturated carbocycles. The molecule has 5 nitrogen and oxygen atoms in total. The van der Waals surface area contributed by atoms with Gasteiger partial charge >= 0.3 is 0 Å². The lowest BCUT2D eigenvalue weighted by Gasteiger charge is -2.35. The summed E-state index contributed by atoms with van der Waals surface area (Å²) >= 11 is 0. The number of hydrogen-bond acceptors (Lipinski definition) is 4. The van der Waals surface area contributed by atoms with Gasteiger partial charge in [-0.15, -0.1) is 0 Å². The summed E-state index contributed by atoms with van der Waals surface area (Å²) in [5, 5.41) is 25.6. The lowest BCUT2D eigenvalue weighted by atomic mass is 9.79. The highest BCUT2D eigenvalue weighted by atomic mass is 16.4. The van der Waals surface area contributed by atoms with E-state index in [2.05, 4.69) is 17.4 Å². The van der Waals surface area contributed by atoms with Crippen LogP contribution in [0.1, 0.15) is 43.7 Å². The minimum Gasteiger partial charge on any atom is -0.409 e. The molecule has 0 heterocycles. The fraction of sp³-hybridized carbons (Fsp3) is 0.562. The number of amidine groups is 1. The summed E-state index contributed by atoms with van der Waals surface area (Å²) in [4.78, 5) is 0. The van der Waals surface area contributed by atoms with Gasteiger partial charge in [0, 0.05) is 18.7 Å². The Balaban J connectivity index is 1.88. The number of aliphatic hydroxyl groups is 1. The molecule has 0 aliphatic heterocycles. The summed E-state index contributed by atoms with van der Waals surface area (Å²) in [6.07, 6.45) is 4.04. The molecule has 0 amide bonds. The third kappa shape index (κ3) is 4.44. The molecule has 1 aliphatic carbocycles. The van der Waals surface area contributed by atoms with Crippen LogP contribution >= 0.6 is 0 Å². The highest BCUT2D eigenvalue weighted by molar-refractivity contribution is 5.97. The van der Waals surface area contributed by atoms with Gasteiger partial charge in [0.2, 0.25) is 0 Å². The zero-order valence-electron chi connectivity index (χ0n) is 12.5. The molecule has 1 aliphatic rings. The van der Waals surface area contributed by atoms with Gasteiger partial charge in [-0.1, -0.05) is 43.1 Å². The second-order valence-corrected chi connectivity index (χ2v) is 6.22. The second kappa shape index (κ2) is 6.91. The molecule has 0 spiro atoms. The summed E-state index contributed by atoms with van der Waals surface area (Å²) in [6, 6.07) is 7.54. The SMILES string of the molecule is CC1CCCC(O)(CNCc2cccc(C(N)=NO)c2)C1. The molecule has 5 heteroatoms. The quantitative estimate of drug-likeness (QED) is 0.288. The smallest absolute Gasteiger partial charge is 0.170 e. The van der Waals surface area contributed by atoms with Crippen LogP contribution in [0.4, 0.5) is 0 Å². The fourth-order valence-corrected chi connectivity index (χ4v) is 3.13. The number of nitrogens with one attached hydrogen (secondary N) is 1. The Morgan fingerprint density at radius 3 is 3.05 bits per heavy atom. The molecule has 21 heavy (non-hydrogen) atoms. The van der Waals surface area contributed by atoms with Crippen molar-refractivity contribution in [3.63, 3.8) is 0 Å². The van der Waals surface area contributed by atoms with Crippen molar-refractivity contribution in [2.24, 2.45) is 16.8 Å². The first-order valence-electron chi connectivity index (χ1n) is 7.52. The number of benzene rings is 1. The normalized spacial score (nSPS) is 26.8. The van der Waals surface area contributed by atoms with Crippen LogP contribution in [-0.4, -0.2) is 28.3 Å². The van der Waals surface area contributed by atoms with Gasteiger partial charge in [-0.05, 0) is 30.4 Å². The summed E-state index contributed by atoms with van der Waals surface area (Å²) < 4.78 is 0. The van der Waals surface area contributed by atoms with E-state index in [-0.39, 0.29) is 5.84 Å². The Bertz CT molecular complexity index is 504. The zero-order chi connectivity index (χ0) is 15.3. The standard InChI is InChI=1S/C16H25N3O2/c1-12-4-3-7-16(20,9-12)11-18-10-13-5-2-6-14(8-13)15(17)19-21/h2,5-6,8,12,18,20-21H,3-4,7,9-11H2,1H3,(H2,17,19). The van der Waals surface area contributed by atoms with Crippen molar-refractivity contribution in [3.8, 4) is 0 Å². The van der Waals surface area contributed by atoms with Crippen molar-refractivity contribution in [1.29, 1.82) is 0 Å². The van der Waals surface area contributed by atoms with Gasteiger partial charge in [0.15, 0.2) is 5.84 Å². The van der Waals surface area contributed by atoms with Crippen molar-refractivity contribution in [1.82, 2.24) is 5.32 Å². The van der Waals surface area contributed by atoms with Gasteiger partial charge in [-0.25, -0.2) is 0 Å². The van der Waals surface area contributed by atoms with Gasteiger partial charge < -0.3 is 21.4 Å². The van der Waals surface area contributed by atoms with E-state index in [1.165, 1.54) is 6.42 Å². The second-order valence-electron chi connectivity index (χ2n) is 6.22. The summed E-state index contributed by atoms with van der Waals surface area (Å²) in [6.45, 7) is 3.46. The van der Waals surface area contributed by atoms with Crippen molar-refractivity contribution >= 4 is 5.84 Å². The van der Waals surface area contributed by atoms with E-state index in [0.29, 0.717) is 24.6 Å². The third-order valence-corrected chi connectivity index (χ3v) is 4.18. The first kappa shape index (κ1) is 15.8. The number of hydrogen-bond donors (Lipinski definition) is 4. The first-order chi connectivity index (χ1) is 10.0. The predicted molar refractivity (Wildman–Crippen MR) is 83.2 cm³/mol. The largest absolute Gasteiger partial charge is 0.409 e. The van der Waals surface area contributed by atoms with Crippen LogP contribution in [0.25, 0.3) is 0 Å². The number of rotatable bonds is 5. The van der Waals surface area contributed by atoms with Gasteiger partial charge in [-0.2, -0.15) is 0 Å². The molecule has 0 saturated heterocycles. The van der Waals surface area contributed by atoms with Gasteiger partial charge in [0.05, 0.1) is 5.60 Å². The summed E-state index contributed by atoms with van der Waals surface area (Å²) in [7, 11) is 0. The Kier molecular flexibility index (Phi) is 5.20. The van der Waals surface area contributed by atoms with E-state index in [1.54, 1.807) is 6.07 Å². The molecule has 1 fully saturated rings. The minimum absolute atomic E-state index is 0.108. The average Bonchev–Trinajstić information content (AvgIpc) is 2.46. The maximum atomic E-state index is 10.6. The van der Waals surface area contributed by atoms with Crippen LogP contribution in [-0.2, 0) is 6.54 Å². The minimum atomic E-state index is -0.582. The molecule has 116 valence electrons. The molecule has 0 radical (unpaired) electrons. The highest BCUT2D eigenvalue weighted by Gasteiger charge is 2.31. The predicted octanol–water partition coefficient (Wildman–Crippen LogP) is 1.81. The van der Waals surface area contributed by atoms with Crippen LogP contribution in [0, 0.1) is 5.92 Å².